The summed E-state index contributed by atoms with van der Waals surface area (Å²) in [7, 11) is 0. The van der Waals surface area contributed by atoms with Crippen LogP contribution in [0.4, 0.5) is 5.69 Å². The number of nitrogens with one attached hydrogen (secondary N) is 1. The minimum Gasteiger partial charge on any atom is -0.324 e. The van der Waals surface area contributed by atoms with Gasteiger partial charge in [-0.3, -0.25) is 5.84 Å². The summed E-state index contributed by atoms with van der Waals surface area (Å²) in [6.07, 6.45) is 11.8. The number of rotatable bonds is 8. The van der Waals surface area contributed by atoms with E-state index in [0.29, 0.717) is 0 Å². The topological polar surface area (TPSA) is 38.0 Å². The van der Waals surface area contributed by atoms with Crippen LogP contribution in [-0.2, 0) is 6.42 Å². The number of hydrogen-bond acceptors (Lipinski definition) is 2. The van der Waals surface area contributed by atoms with Crippen molar-refractivity contribution in [2.24, 2.45) is 5.84 Å². The third kappa shape index (κ3) is 5.55. The van der Waals surface area contributed by atoms with Crippen molar-refractivity contribution in [3.05, 3.63) is 42.0 Å². The first-order valence-electron chi connectivity index (χ1n) is 6.58. The van der Waals surface area contributed by atoms with Gasteiger partial charge in [0.25, 0.3) is 0 Å². The first-order chi connectivity index (χ1) is 8.38. The van der Waals surface area contributed by atoms with Crippen LogP contribution in [0.2, 0.25) is 0 Å². The standard InChI is InChI=1S/C15H24N2/c1-2-3-4-5-6-7-8-11-14-12-9-10-13-15(14)17-16/h3-4,9-10,12-13,17H,2,5-8,11,16H2,1H3/b4-3-. The van der Waals surface area contributed by atoms with Gasteiger partial charge in [0.15, 0.2) is 0 Å². The molecule has 0 fully saturated rings. The van der Waals surface area contributed by atoms with E-state index in [1.165, 1.54) is 31.2 Å². The van der Waals surface area contributed by atoms with Crippen molar-refractivity contribution in [3.63, 3.8) is 0 Å². The summed E-state index contributed by atoms with van der Waals surface area (Å²) in [4.78, 5) is 0. The zero-order valence-corrected chi connectivity index (χ0v) is 10.8. The Balaban J connectivity index is 2.19. The van der Waals surface area contributed by atoms with Crippen molar-refractivity contribution in [2.75, 3.05) is 5.43 Å². The monoisotopic (exact) mass is 232 g/mol. The van der Waals surface area contributed by atoms with Gasteiger partial charge >= 0.3 is 0 Å². The van der Waals surface area contributed by atoms with Gasteiger partial charge in [-0.2, -0.15) is 0 Å². The Kier molecular flexibility index (Phi) is 7.15. The molecule has 3 N–H and O–H groups in total. The Hall–Kier alpha value is -1.28. The molecule has 0 saturated carbocycles. The first-order valence-corrected chi connectivity index (χ1v) is 6.58. The number of anilines is 1. The second-order valence-electron chi connectivity index (χ2n) is 4.28. The highest BCUT2D eigenvalue weighted by molar-refractivity contribution is 5.49. The van der Waals surface area contributed by atoms with Crippen LogP contribution < -0.4 is 11.3 Å². The van der Waals surface area contributed by atoms with Crippen LogP contribution in [0.1, 0.15) is 44.6 Å². The molecule has 0 bridgehead atoms. The number of hydrazine groups is 1. The lowest BCUT2D eigenvalue weighted by atomic mass is 10.0. The molecule has 2 heteroatoms. The molecule has 0 saturated heterocycles. The minimum atomic E-state index is 1.05. The van der Waals surface area contributed by atoms with Gasteiger partial charge in [0.1, 0.15) is 0 Å². The van der Waals surface area contributed by atoms with Crippen molar-refractivity contribution in [3.8, 4) is 0 Å². The second-order valence-corrected chi connectivity index (χ2v) is 4.28. The van der Waals surface area contributed by atoms with E-state index < -0.39 is 0 Å². The summed E-state index contributed by atoms with van der Waals surface area (Å²) in [5.74, 6) is 5.48. The maximum atomic E-state index is 5.48. The lowest BCUT2D eigenvalue weighted by molar-refractivity contribution is 0.686. The number of unbranched alkanes of at least 4 members (excludes halogenated alkanes) is 3. The number of allylic oxidation sites excluding steroid dienone is 2. The van der Waals surface area contributed by atoms with Crippen LogP contribution >= 0.6 is 0 Å². The molecule has 1 aromatic carbocycles. The van der Waals surface area contributed by atoms with Crippen molar-refractivity contribution in [2.45, 2.75) is 45.4 Å². The van der Waals surface area contributed by atoms with Crippen LogP contribution in [0, 0.1) is 0 Å². The van der Waals surface area contributed by atoms with E-state index in [9.17, 15) is 0 Å². The van der Waals surface area contributed by atoms with E-state index in [1.54, 1.807) is 0 Å². The highest BCUT2D eigenvalue weighted by Gasteiger charge is 1.99. The molecule has 0 aliphatic rings. The van der Waals surface area contributed by atoms with Crippen molar-refractivity contribution < 1.29 is 0 Å². The predicted octanol–water partition coefficient (Wildman–Crippen LogP) is 4.04. The van der Waals surface area contributed by atoms with Gasteiger partial charge in [0, 0.05) is 0 Å². The van der Waals surface area contributed by atoms with Gasteiger partial charge in [-0.25, -0.2) is 0 Å². The quantitative estimate of drug-likeness (QED) is 0.307. The summed E-state index contributed by atoms with van der Waals surface area (Å²) >= 11 is 0. The molecule has 0 heterocycles. The van der Waals surface area contributed by atoms with Crippen LogP contribution in [0.15, 0.2) is 36.4 Å². The molecule has 0 unspecified atom stereocenters. The van der Waals surface area contributed by atoms with Gasteiger partial charge in [-0.15, -0.1) is 0 Å². The Bertz CT molecular complexity index is 331. The van der Waals surface area contributed by atoms with Gasteiger partial charge < -0.3 is 5.43 Å². The summed E-state index contributed by atoms with van der Waals surface area (Å²) < 4.78 is 0. The van der Waals surface area contributed by atoms with E-state index in [0.717, 1.165) is 18.5 Å². The SMILES string of the molecule is CC/C=C\CCCCCc1ccccc1NN. The molecule has 1 aromatic rings. The molecule has 17 heavy (non-hydrogen) atoms. The van der Waals surface area contributed by atoms with Gasteiger partial charge in [0.2, 0.25) is 0 Å². The molecular formula is C15H24N2. The molecule has 0 atom stereocenters. The first kappa shape index (κ1) is 13.8. The number of aryl methyl sites for hydroxylation is 1. The maximum Gasteiger partial charge on any atom is 0.0517 e. The van der Waals surface area contributed by atoms with Crippen molar-refractivity contribution in [1.29, 1.82) is 0 Å². The molecule has 0 aliphatic carbocycles. The summed E-state index contributed by atoms with van der Waals surface area (Å²) in [5, 5.41) is 0. The van der Waals surface area contributed by atoms with Crippen LogP contribution in [0.3, 0.4) is 0 Å². The van der Waals surface area contributed by atoms with Crippen molar-refractivity contribution in [1.82, 2.24) is 0 Å². The fourth-order valence-electron chi connectivity index (χ4n) is 1.92. The molecule has 0 amide bonds. The Morgan fingerprint density at radius 2 is 1.94 bits per heavy atom. The third-order valence-electron chi connectivity index (χ3n) is 2.89. The van der Waals surface area contributed by atoms with Crippen LogP contribution in [0.25, 0.3) is 0 Å². The van der Waals surface area contributed by atoms with E-state index in [-0.39, 0.29) is 0 Å². The molecule has 0 spiro atoms. The Morgan fingerprint density at radius 1 is 1.12 bits per heavy atom. The maximum absolute atomic E-state index is 5.48. The lowest BCUT2D eigenvalue weighted by Crippen LogP contribution is -2.08. The highest BCUT2D eigenvalue weighted by atomic mass is 15.2. The molecule has 1 rings (SSSR count). The zero-order valence-electron chi connectivity index (χ0n) is 10.8. The smallest absolute Gasteiger partial charge is 0.0517 e. The molecule has 0 radical (unpaired) electrons. The van der Waals surface area contributed by atoms with Gasteiger partial charge in [-0.1, -0.05) is 43.7 Å². The summed E-state index contributed by atoms with van der Waals surface area (Å²) in [6, 6.07) is 8.25. The zero-order chi connectivity index (χ0) is 12.3. The number of para-hydroxylation sites is 1. The van der Waals surface area contributed by atoms with E-state index in [1.807, 2.05) is 12.1 Å². The summed E-state index contributed by atoms with van der Waals surface area (Å²) in [6.45, 7) is 2.17. The van der Waals surface area contributed by atoms with E-state index in [2.05, 4.69) is 36.6 Å². The van der Waals surface area contributed by atoms with Crippen LogP contribution in [-0.4, -0.2) is 0 Å². The molecular weight excluding hydrogens is 208 g/mol. The second kappa shape index (κ2) is 8.82. The molecule has 0 aliphatic heterocycles. The Morgan fingerprint density at radius 3 is 2.71 bits per heavy atom. The Labute approximate surface area is 105 Å². The van der Waals surface area contributed by atoms with Crippen molar-refractivity contribution >= 4 is 5.69 Å². The normalized spacial score (nSPS) is 10.9. The van der Waals surface area contributed by atoms with Gasteiger partial charge in [0.05, 0.1) is 5.69 Å². The van der Waals surface area contributed by atoms with E-state index in [4.69, 9.17) is 5.84 Å². The largest absolute Gasteiger partial charge is 0.324 e. The molecule has 94 valence electrons. The average molecular weight is 232 g/mol. The average Bonchev–Trinajstić information content (AvgIpc) is 2.38. The number of nitrogens with two attached hydrogens (primary N) is 1. The minimum absolute atomic E-state index is 1.05. The lowest BCUT2D eigenvalue weighted by Gasteiger charge is -2.07. The molecule has 0 aromatic heterocycles. The fraction of sp³-hybridized carbons (Fsp3) is 0.467. The highest BCUT2D eigenvalue weighted by Crippen LogP contribution is 2.16. The van der Waals surface area contributed by atoms with Gasteiger partial charge in [-0.05, 0) is 43.7 Å². The molecule has 2 nitrogen and oxygen atoms in total. The number of hydrogen-bond donors (Lipinski definition) is 2. The van der Waals surface area contributed by atoms with Crippen LogP contribution in [0.5, 0.6) is 0 Å². The summed E-state index contributed by atoms with van der Waals surface area (Å²) in [5.41, 5.74) is 5.13. The fourth-order valence-corrected chi connectivity index (χ4v) is 1.92. The number of benzene rings is 1. The third-order valence-corrected chi connectivity index (χ3v) is 2.89. The predicted molar refractivity (Wildman–Crippen MR) is 75.9 cm³/mol. The van der Waals surface area contributed by atoms with E-state index >= 15 is 0 Å². The number of nitrogen functional groups attached to an aromatic ring is 1.